The van der Waals surface area contributed by atoms with Crippen molar-refractivity contribution < 1.29 is 5.11 Å². The molecule has 4 rings (SSSR count). The molecule has 0 aliphatic heterocycles. The van der Waals surface area contributed by atoms with Crippen molar-refractivity contribution >= 4 is 33.3 Å². The van der Waals surface area contributed by atoms with E-state index in [0.29, 0.717) is 5.95 Å². The number of thiazole rings is 1. The average molecular weight is 470 g/mol. The van der Waals surface area contributed by atoms with Gasteiger partial charge in [-0.3, -0.25) is 4.98 Å². The van der Waals surface area contributed by atoms with Gasteiger partial charge in [-0.05, 0) is 73.0 Å². The van der Waals surface area contributed by atoms with Crippen molar-refractivity contribution in [3.63, 3.8) is 0 Å². The van der Waals surface area contributed by atoms with Gasteiger partial charge in [0, 0.05) is 25.3 Å². The topological polar surface area (TPSA) is 99.1 Å². The van der Waals surface area contributed by atoms with E-state index in [1.807, 2.05) is 54.1 Å². The van der Waals surface area contributed by atoms with Crippen molar-refractivity contribution in [1.82, 2.24) is 24.8 Å². The van der Waals surface area contributed by atoms with Crippen molar-refractivity contribution in [3.8, 4) is 10.6 Å². The van der Waals surface area contributed by atoms with Gasteiger partial charge in [0.15, 0.2) is 0 Å². The molecule has 1 aliphatic carbocycles. The molecule has 3 aromatic heterocycles. The number of fused-ring (bicyclic) bond motifs is 1. The predicted octanol–water partition coefficient (Wildman–Crippen LogP) is 4.09. The van der Waals surface area contributed by atoms with Crippen LogP contribution in [0.4, 0.5) is 11.8 Å². The third-order valence-electron chi connectivity index (χ3n) is 6.41. The Kier molecular flexibility index (Phi) is 6.83. The average Bonchev–Trinajstić information content (AvgIpc) is 3.35. The summed E-state index contributed by atoms with van der Waals surface area (Å²) in [5.74, 6) is 1.70. The Morgan fingerprint density at radius 1 is 1.15 bits per heavy atom. The highest BCUT2D eigenvalue weighted by atomic mass is 32.1. The molecule has 0 aromatic carbocycles. The Morgan fingerprint density at radius 2 is 1.94 bits per heavy atom. The zero-order chi connectivity index (χ0) is 23.8. The summed E-state index contributed by atoms with van der Waals surface area (Å²) in [6, 6.07) is 2.26. The van der Waals surface area contributed by atoms with Crippen LogP contribution in [0.1, 0.15) is 44.5 Å². The Labute approximate surface area is 199 Å². The van der Waals surface area contributed by atoms with E-state index in [9.17, 15) is 5.11 Å². The number of nitrogens with one attached hydrogen (secondary N) is 2. The molecular formula is C24H35N7OS. The van der Waals surface area contributed by atoms with Gasteiger partial charge in [0.2, 0.25) is 5.95 Å². The van der Waals surface area contributed by atoms with Crippen LogP contribution in [0.3, 0.4) is 0 Å². The van der Waals surface area contributed by atoms with Crippen LogP contribution in [0.5, 0.6) is 0 Å². The van der Waals surface area contributed by atoms with E-state index >= 15 is 0 Å². The quantitative estimate of drug-likeness (QED) is 0.454. The summed E-state index contributed by atoms with van der Waals surface area (Å²) >= 11 is 1.65. The normalized spacial score (nSPS) is 18.9. The van der Waals surface area contributed by atoms with Crippen molar-refractivity contribution in [1.29, 1.82) is 0 Å². The smallest absolute Gasteiger partial charge is 0.224 e. The Balaban J connectivity index is 1.69. The number of aromatic nitrogens is 4. The number of hydrogen-bond donors (Lipinski definition) is 3. The highest BCUT2D eigenvalue weighted by molar-refractivity contribution is 7.21. The molecule has 9 heteroatoms. The molecule has 0 radical (unpaired) electrons. The van der Waals surface area contributed by atoms with Crippen LogP contribution in [0.15, 0.2) is 12.3 Å². The number of aryl methyl sites for hydroxylation is 2. The predicted molar refractivity (Wildman–Crippen MR) is 136 cm³/mol. The summed E-state index contributed by atoms with van der Waals surface area (Å²) in [7, 11) is 4.10. The van der Waals surface area contributed by atoms with E-state index in [0.717, 1.165) is 70.3 Å². The molecule has 0 bridgehead atoms. The summed E-state index contributed by atoms with van der Waals surface area (Å²) in [5, 5.41) is 18.4. The zero-order valence-corrected chi connectivity index (χ0v) is 21.3. The Bertz CT molecular complexity index is 1120. The molecule has 8 nitrogen and oxygen atoms in total. The first-order valence-electron chi connectivity index (χ1n) is 11.6. The van der Waals surface area contributed by atoms with Gasteiger partial charge in [0.05, 0.1) is 27.3 Å². The molecule has 0 saturated heterocycles. The monoisotopic (exact) mass is 469 g/mol. The lowest BCUT2D eigenvalue weighted by Gasteiger charge is -2.25. The minimum Gasteiger partial charge on any atom is -0.390 e. The number of hydrogen-bond acceptors (Lipinski definition) is 9. The standard InChI is InChI=1S/C24H35N7OS/c1-14-19(22-29-20-15(2)25-10-9-18(20)33-22)21(30-23(27-14)26-11-12-31(5)6)28-17-8-7-16(13-17)24(3,4)32/h9-10,16-17,32H,7-8,11-13H2,1-6H3,(H2,26,27,28,30). The first-order valence-corrected chi connectivity index (χ1v) is 12.4. The fraction of sp³-hybridized carbons (Fsp3) is 0.583. The van der Waals surface area contributed by atoms with Crippen LogP contribution in [0.25, 0.3) is 20.8 Å². The van der Waals surface area contributed by atoms with Crippen LogP contribution in [0.2, 0.25) is 0 Å². The lowest BCUT2D eigenvalue weighted by atomic mass is 9.89. The highest BCUT2D eigenvalue weighted by Crippen LogP contribution is 2.39. The Morgan fingerprint density at radius 3 is 2.61 bits per heavy atom. The molecule has 2 atom stereocenters. The molecule has 0 spiro atoms. The van der Waals surface area contributed by atoms with Crippen LogP contribution >= 0.6 is 11.3 Å². The highest BCUT2D eigenvalue weighted by Gasteiger charge is 2.35. The van der Waals surface area contributed by atoms with E-state index in [4.69, 9.17) is 15.0 Å². The van der Waals surface area contributed by atoms with E-state index in [1.165, 1.54) is 0 Å². The maximum atomic E-state index is 10.5. The van der Waals surface area contributed by atoms with Crippen LogP contribution in [0, 0.1) is 19.8 Å². The second-order valence-electron chi connectivity index (χ2n) is 9.85. The number of anilines is 2. The number of nitrogens with zero attached hydrogens (tertiary/aromatic N) is 5. The van der Waals surface area contributed by atoms with Gasteiger partial charge in [-0.25, -0.2) is 9.97 Å². The van der Waals surface area contributed by atoms with E-state index in [-0.39, 0.29) is 12.0 Å². The van der Waals surface area contributed by atoms with Crippen molar-refractivity contribution in [2.45, 2.75) is 58.6 Å². The van der Waals surface area contributed by atoms with Crippen molar-refractivity contribution in [2.24, 2.45) is 5.92 Å². The fourth-order valence-corrected chi connectivity index (χ4v) is 5.55. The molecule has 3 heterocycles. The number of likely N-dealkylation sites (N-methyl/N-ethyl adjacent to an activating group) is 1. The maximum Gasteiger partial charge on any atom is 0.224 e. The number of pyridine rings is 1. The van der Waals surface area contributed by atoms with Gasteiger partial charge in [0.25, 0.3) is 0 Å². The molecule has 33 heavy (non-hydrogen) atoms. The minimum atomic E-state index is -0.669. The van der Waals surface area contributed by atoms with Gasteiger partial charge in [-0.1, -0.05) is 0 Å². The number of rotatable bonds is 8. The maximum absolute atomic E-state index is 10.5. The second-order valence-corrected chi connectivity index (χ2v) is 10.9. The molecule has 178 valence electrons. The largest absolute Gasteiger partial charge is 0.390 e. The summed E-state index contributed by atoms with van der Waals surface area (Å²) in [5.41, 5.74) is 3.02. The van der Waals surface area contributed by atoms with Gasteiger partial charge >= 0.3 is 0 Å². The summed E-state index contributed by atoms with van der Waals surface area (Å²) in [4.78, 5) is 21.1. The van der Waals surface area contributed by atoms with Gasteiger partial charge < -0.3 is 20.6 Å². The number of aliphatic hydroxyl groups is 1. The van der Waals surface area contributed by atoms with E-state index in [1.54, 1.807) is 11.3 Å². The lowest BCUT2D eigenvalue weighted by Crippen LogP contribution is -2.30. The third-order valence-corrected chi connectivity index (χ3v) is 7.45. The van der Waals surface area contributed by atoms with Gasteiger partial charge in [-0.2, -0.15) is 4.98 Å². The minimum absolute atomic E-state index is 0.252. The van der Waals surface area contributed by atoms with E-state index < -0.39 is 5.60 Å². The molecule has 1 aliphatic rings. The lowest BCUT2D eigenvalue weighted by molar-refractivity contribution is 0.0197. The van der Waals surface area contributed by atoms with Crippen LogP contribution < -0.4 is 10.6 Å². The van der Waals surface area contributed by atoms with Gasteiger partial charge in [-0.15, -0.1) is 11.3 Å². The van der Waals surface area contributed by atoms with E-state index in [2.05, 4.69) is 20.5 Å². The molecule has 3 N–H and O–H groups in total. The molecule has 3 aromatic rings. The summed E-state index contributed by atoms with van der Waals surface area (Å²) < 4.78 is 1.11. The second kappa shape index (κ2) is 9.48. The summed E-state index contributed by atoms with van der Waals surface area (Å²) in [6.45, 7) is 9.48. The summed E-state index contributed by atoms with van der Waals surface area (Å²) in [6.07, 6.45) is 4.75. The first-order chi connectivity index (χ1) is 15.6. The molecular weight excluding hydrogens is 434 g/mol. The van der Waals surface area contributed by atoms with Crippen molar-refractivity contribution in [3.05, 3.63) is 23.7 Å². The SMILES string of the molecule is Cc1nc(NCCN(C)C)nc(NC2CCC(C(C)(C)O)C2)c1-c1nc2c(C)nccc2s1. The van der Waals surface area contributed by atoms with Crippen molar-refractivity contribution in [2.75, 3.05) is 37.8 Å². The van der Waals surface area contributed by atoms with Gasteiger partial charge in [0.1, 0.15) is 16.3 Å². The fourth-order valence-electron chi connectivity index (χ4n) is 4.44. The Hall–Kier alpha value is -2.36. The zero-order valence-electron chi connectivity index (χ0n) is 20.4. The van der Waals surface area contributed by atoms with Crippen LogP contribution in [-0.4, -0.2) is 68.8 Å². The first kappa shape index (κ1) is 23.8. The molecule has 0 amide bonds. The third kappa shape index (κ3) is 5.42. The molecule has 2 unspecified atom stereocenters. The van der Waals surface area contributed by atoms with Crippen LogP contribution in [-0.2, 0) is 0 Å². The molecule has 1 fully saturated rings. The molecule has 1 saturated carbocycles.